The number of esters is 1. The first-order chi connectivity index (χ1) is 14.5. The molecule has 0 aliphatic heterocycles. The van der Waals surface area contributed by atoms with Gasteiger partial charge < -0.3 is 16.2 Å². The summed E-state index contributed by atoms with van der Waals surface area (Å²) in [5, 5.41) is 0.490. The van der Waals surface area contributed by atoms with Gasteiger partial charge in [-0.3, -0.25) is 9.78 Å². The molecular formula is C22H18N4O3S. The zero-order valence-corrected chi connectivity index (χ0v) is 16.9. The van der Waals surface area contributed by atoms with Crippen LogP contribution in [0.4, 0.5) is 5.69 Å². The van der Waals surface area contributed by atoms with E-state index in [4.69, 9.17) is 21.2 Å². The number of nitrogen functional groups attached to an aromatic ring is 1. The third kappa shape index (κ3) is 3.27. The number of aromatic nitrogens is 2. The fourth-order valence-corrected chi connectivity index (χ4v) is 4.30. The van der Waals surface area contributed by atoms with Gasteiger partial charge in [-0.2, -0.15) is 0 Å². The van der Waals surface area contributed by atoms with Crippen LogP contribution in [0.5, 0.6) is 0 Å². The Hall–Kier alpha value is -3.78. The van der Waals surface area contributed by atoms with Crippen LogP contribution in [0.1, 0.15) is 27.0 Å². The summed E-state index contributed by atoms with van der Waals surface area (Å²) in [5.74, 6) is -1.18. The molecule has 4 N–H and O–H groups in total. The van der Waals surface area contributed by atoms with Crippen molar-refractivity contribution in [3.63, 3.8) is 0 Å². The molecule has 0 saturated heterocycles. The van der Waals surface area contributed by atoms with Gasteiger partial charge in [-0.25, -0.2) is 9.78 Å². The summed E-state index contributed by atoms with van der Waals surface area (Å²) in [4.78, 5) is 34.7. The first-order valence-electron chi connectivity index (χ1n) is 9.21. The Balaban J connectivity index is 2.20. The third-order valence-corrected chi connectivity index (χ3v) is 5.69. The van der Waals surface area contributed by atoms with Gasteiger partial charge in [-0.15, -0.1) is 11.3 Å². The van der Waals surface area contributed by atoms with Crippen molar-refractivity contribution >= 4 is 39.1 Å². The number of hydrogen-bond donors (Lipinski definition) is 2. The van der Waals surface area contributed by atoms with Crippen LogP contribution in [0, 0.1) is 0 Å². The van der Waals surface area contributed by atoms with Crippen LogP contribution in [0.25, 0.3) is 32.6 Å². The molecule has 0 radical (unpaired) electrons. The van der Waals surface area contributed by atoms with E-state index in [-0.39, 0.29) is 22.7 Å². The molecular weight excluding hydrogens is 400 g/mol. The van der Waals surface area contributed by atoms with Crippen LogP contribution in [-0.2, 0) is 4.74 Å². The minimum Gasteiger partial charge on any atom is -0.462 e. The van der Waals surface area contributed by atoms with Gasteiger partial charge in [-0.1, -0.05) is 36.4 Å². The van der Waals surface area contributed by atoms with Crippen molar-refractivity contribution in [2.75, 3.05) is 12.3 Å². The minimum atomic E-state index is -0.647. The molecule has 4 aromatic rings. The molecule has 150 valence electrons. The van der Waals surface area contributed by atoms with E-state index in [1.807, 2.05) is 36.4 Å². The molecule has 30 heavy (non-hydrogen) atoms. The molecule has 0 atom stereocenters. The quantitative estimate of drug-likeness (QED) is 0.474. The predicted molar refractivity (Wildman–Crippen MR) is 117 cm³/mol. The number of hydrogen-bond acceptors (Lipinski definition) is 7. The van der Waals surface area contributed by atoms with Gasteiger partial charge in [0.2, 0.25) is 0 Å². The van der Waals surface area contributed by atoms with E-state index in [1.54, 1.807) is 25.4 Å². The number of carbonyl (C=O) groups is 2. The maximum Gasteiger partial charge on any atom is 0.341 e. The number of nitrogens with two attached hydrogens (primary N) is 2. The van der Waals surface area contributed by atoms with E-state index in [0.29, 0.717) is 27.0 Å². The number of ether oxygens (including phenoxy) is 1. The van der Waals surface area contributed by atoms with Crippen LogP contribution >= 0.6 is 11.3 Å². The number of rotatable bonds is 5. The van der Waals surface area contributed by atoms with Gasteiger partial charge >= 0.3 is 5.97 Å². The summed E-state index contributed by atoms with van der Waals surface area (Å²) in [6, 6.07) is 12.9. The largest absolute Gasteiger partial charge is 0.462 e. The number of thiophene rings is 1. The van der Waals surface area contributed by atoms with Crippen molar-refractivity contribution in [3.05, 3.63) is 65.3 Å². The summed E-state index contributed by atoms with van der Waals surface area (Å²) >= 11 is 1.10. The molecule has 3 aromatic heterocycles. The van der Waals surface area contributed by atoms with Gasteiger partial charge in [-0.05, 0) is 13.0 Å². The Morgan fingerprint density at radius 1 is 1.10 bits per heavy atom. The van der Waals surface area contributed by atoms with E-state index in [9.17, 15) is 9.59 Å². The Bertz CT molecular complexity index is 1250. The molecule has 0 aliphatic rings. The van der Waals surface area contributed by atoms with Crippen molar-refractivity contribution in [3.8, 4) is 22.4 Å². The van der Waals surface area contributed by atoms with Crippen molar-refractivity contribution in [1.82, 2.24) is 9.97 Å². The molecule has 8 heteroatoms. The zero-order valence-electron chi connectivity index (χ0n) is 16.1. The number of carbonyl (C=O) groups excluding carboxylic acids is 2. The average Bonchev–Trinajstić information content (AvgIpc) is 3.10. The Morgan fingerprint density at radius 3 is 2.47 bits per heavy atom. The second-order valence-electron chi connectivity index (χ2n) is 6.43. The van der Waals surface area contributed by atoms with Crippen molar-refractivity contribution in [2.45, 2.75) is 6.92 Å². The van der Waals surface area contributed by atoms with Crippen molar-refractivity contribution in [2.24, 2.45) is 5.73 Å². The molecule has 1 amide bonds. The Labute approximate surface area is 176 Å². The maximum atomic E-state index is 13.1. The molecule has 1 aromatic carbocycles. The summed E-state index contributed by atoms with van der Waals surface area (Å²) < 4.78 is 5.37. The highest BCUT2D eigenvalue weighted by Gasteiger charge is 2.28. The smallest absolute Gasteiger partial charge is 0.341 e. The lowest BCUT2D eigenvalue weighted by atomic mass is 9.93. The predicted octanol–water partition coefficient (Wildman–Crippen LogP) is 3.88. The highest BCUT2D eigenvalue weighted by Crippen LogP contribution is 2.44. The van der Waals surface area contributed by atoms with E-state index in [0.717, 1.165) is 16.9 Å². The van der Waals surface area contributed by atoms with E-state index >= 15 is 0 Å². The molecule has 0 aliphatic carbocycles. The zero-order chi connectivity index (χ0) is 21.3. The first-order valence-corrected chi connectivity index (χ1v) is 10.0. The molecule has 0 spiro atoms. The summed E-state index contributed by atoms with van der Waals surface area (Å²) in [5.41, 5.74) is 14.6. The average molecular weight is 418 g/mol. The lowest BCUT2D eigenvalue weighted by Crippen LogP contribution is -2.12. The fraction of sp³-hybridized carbons (Fsp3) is 0.0909. The number of fused-ring (bicyclic) bond motifs is 1. The Kier molecular flexibility index (Phi) is 5.16. The van der Waals surface area contributed by atoms with Crippen molar-refractivity contribution < 1.29 is 14.3 Å². The van der Waals surface area contributed by atoms with Gasteiger partial charge in [0.05, 0.1) is 23.6 Å². The molecule has 0 fully saturated rings. The molecule has 7 nitrogen and oxygen atoms in total. The van der Waals surface area contributed by atoms with E-state index < -0.39 is 11.9 Å². The third-order valence-electron chi connectivity index (χ3n) is 4.58. The molecule has 3 heterocycles. The second kappa shape index (κ2) is 7.92. The second-order valence-corrected chi connectivity index (χ2v) is 7.43. The van der Waals surface area contributed by atoms with Gasteiger partial charge in [0.25, 0.3) is 5.91 Å². The minimum absolute atomic E-state index is 0.194. The van der Waals surface area contributed by atoms with Crippen LogP contribution in [0.3, 0.4) is 0 Å². The van der Waals surface area contributed by atoms with Crippen LogP contribution in [0.15, 0.2) is 54.9 Å². The lowest BCUT2D eigenvalue weighted by Gasteiger charge is -2.15. The standard InChI is InChI=1S/C22H18N4O3S/c1-2-29-22(28)16-14(13-9-6-10-25-11-13)15-17(23)19(20(24)27)30-21(15)26-18(16)12-7-4-3-5-8-12/h3-11H,2,23H2,1H3,(H2,24,27). The van der Waals surface area contributed by atoms with Crippen LogP contribution in [-0.4, -0.2) is 28.5 Å². The summed E-state index contributed by atoms with van der Waals surface area (Å²) in [6.45, 7) is 1.93. The van der Waals surface area contributed by atoms with Gasteiger partial charge in [0, 0.05) is 34.5 Å². The van der Waals surface area contributed by atoms with E-state index in [2.05, 4.69) is 4.98 Å². The monoisotopic (exact) mass is 418 g/mol. The summed E-state index contributed by atoms with van der Waals surface area (Å²) in [7, 11) is 0. The number of anilines is 1. The number of primary amides is 1. The number of benzene rings is 1. The highest BCUT2D eigenvalue weighted by atomic mass is 32.1. The molecule has 0 unspecified atom stereocenters. The number of nitrogens with zero attached hydrogens (tertiary/aromatic N) is 2. The van der Waals surface area contributed by atoms with Gasteiger partial charge in [0.1, 0.15) is 9.71 Å². The van der Waals surface area contributed by atoms with E-state index in [1.165, 1.54) is 0 Å². The normalized spacial score (nSPS) is 10.8. The molecule has 0 saturated carbocycles. The fourth-order valence-electron chi connectivity index (χ4n) is 3.34. The SMILES string of the molecule is CCOC(=O)c1c(-c2ccccc2)nc2sc(C(N)=O)c(N)c2c1-c1cccnc1. The first kappa shape index (κ1) is 19.5. The van der Waals surface area contributed by atoms with Crippen molar-refractivity contribution in [1.29, 1.82) is 0 Å². The van der Waals surface area contributed by atoms with Gasteiger partial charge in [0.15, 0.2) is 0 Å². The van der Waals surface area contributed by atoms with Crippen LogP contribution < -0.4 is 11.5 Å². The number of amides is 1. The summed E-state index contributed by atoms with van der Waals surface area (Å²) in [6.07, 6.45) is 3.27. The highest BCUT2D eigenvalue weighted by molar-refractivity contribution is 7.21. The lowest BCUT2D eigenvalue weighted by molar-refractivity contribution is 0.0528. The maximum absolute atomic E-state index is 13.1. The Morgan fingerprint density at radius 2 is 1.83 bits per heavy atom. The van der Waals surface area contributed by atoms with Crippen LogP contribution in [0.2, 0.25) is 0 Å². The topological polar surface area (TPSA) is 121 Å². The number of pyridine rings is 2. The molecule has 0 bridgehead atoms. The molecule has 4 rings (SSSR count).